The number of halogens is 2. The van der Waals surface area contributed by atoms with Gasteiger partial charge < -0.3 is 0 Å². The smallest absolute Gasteiger partial charge is 0.154 e. The monoisotopic (exact) mass is 294 g/mol. The molecule has 2 nitrogen and oxygen atoms in total. The van der Waals surface area contributed by atoms with Crippen LogP contribution in [0.25, 0.3) is 0 Å². The van der Waals surface area contributed by atoms with Gasteiger partial charge in [-0.05, 0) is 28.4 Å². The van der Waals surface area contributed by atoms with Gasteiger partial charge in [-0.3, -0.25) is 0 Å². The largest absolute Gasteiger partial charge is 0.228 e. The van der Waals surface area contributed by atoms with Gasteiger partial charge in [0, 0.05) is 5.56 Å². The van der Waals surface area contributed by atoms with Crippen LogP contribution in [0.15, 0.2) is 22.7 Å². The molecule has 5 heteroatoms. The van der Waals surface area contributed by atoms with Crippen LogP contribution in [0.4, 0.5) is 4.39 Å². The quantitative estimate of drug-likeness (QED) is 0.856. The Hall–Kier alpha value is -0.420. The third-order valence-electron chi connectivity index (χ3n) is 1.92. The Morgan fingerprint density at radius 2 is 2.07 bits per heavy atom. The second kappa shape index (κ2) is 5.07. The third-order valence-corrected chi connectivity index (χ3v) is 4.32. The first-order valence-corrected chi connectivity index (χ1v) is 7.21. The lowest BCUT2D eigenvalue weighted by Crippen LogP contribution is -2.09. The van der Waals surface area contributed by atoms with Crippen molar-refractivity contribution >= 4 is 25.8 Å². The molecule has 1 aromatic carbocycles. The highest BCUT2D eigenvalue weighted by Crippen LogP contribution is 2.20. The molecule has 1 aromatic rings. The van der Waals surface area contributed by atoms with Gasteiger partial charge in [-0.15, -0.1) is 0 Å². The molecule has 0 bridgehead atoms. The second-order valence-corrected chi connectivity index (χ2v) is 6.34. The van der Waals surface area contributed by atoms with Crippen molar-refractivity contribution in [3.8, 4) is 0 Å². The molecular weight excluding hydrogens is 283 g/mol. The van der Waals surface area contributed by atoms with Crippen LogP contribution in [0.1, 0.15) is 18.9 Å². The van der Waals surface area contributed by atoms with Crippen LogP contribution in [0.2, 0.25) is 0 Å². The van der Waals surface area contributed by atoms with Crippen molar-refractivity contribution in [2.75, 3.05) is 5.75 Å². The molecule has 0 saturated carbocycles. The first kappa shape index (κ1) is 12.6. The zero-order valence-corrected chi connectivity index (χ0v) is 10.7. The number of rotatable bonds is 4. The molecule has 0 aromatic heterocycles. The fourth-order valence-electron chi connectivity index (χ4n) is 1.28. The number of hydrogen-bond acceptors (Lipinski definition) is 2. The van der Waals surface area contributed by atoms with Gasteiger partial charge in [-0.25, -0.2) is 12.8 Å². The average Bonchev–Trinajstić information content (AvgIpc) is 2.12. The fraction of sp³-hybridized carbons (Fsp3) is 0.400. The maximum absolute atomic E-state index is 13.5. The van der Waals surface area contributed by atoms with Crippen LogP contribution in [-0.2, 0) is 15.6 Å². The first-order chi connectivity index (χ1) is 6.96. The highest BCUT2D eigenvalue weighted by atomic mass is 79.9. The van der Waals surface area contributed by atoms with Crippen molar-refractivity contribution in [3.63, 3.8) is 0 Å². The standard InChI is InChI=1S/C10H12BrFO2S/c1-2-6-15(13,14)7-8-4-3-5-9(11)10(8)12/h3-5H,2,6-7H2,1H3. The maximum atomic E-state index is 13.5. The van der Waals surface area contributed by atoms with Crippen molar-refractivity contribution in [1.29, 1.82) is 0 Å². The van der Waals surface area contributed by atoms with E-state index in [0.717, 1.165) is 0 Å². The molecular formula is C10H12BrFO2S. The summed E-state index contributed by atoms with van der Waals surface area (Å²) in [6.07, 6.45) is 0.554. The molecule has 0 aliphatic carbocycles. The summed E-state index contributed by atoms with van der Waals surface area (Å²) in [7, 11) is -3.18. The minimum Gasteiger partial charge on any atom is -0.228 e. The van der Waals surface area contributed by atoms with Crippen molar-refractivity contribution < 1.29 is 12.8 Å². The summed E-state index contributed by atoms with van der Waals surface area (Å²) in [6, 6.07) is 4.67. The molecule has 15 heavy (non-hydrogen) atoms. The highest BCUT2D eigenvalue weighted by Gasteiger charge is 2.14. The van der Waals surface area contributed by atoms with E-state index in [4.69, 9.17) is 0 Å². The van der Waals surface area contributed by atoms with Gasteiger partial charge in [-0.1, -0.05) is 19.1 Å². The Morgan fingerprint density at radius 3 is 2.67 bits per heavy atom. The summed E-state index contributed by atoms with van der Waals surface area (Å²) in [5.41, 5.74) is 0.220. The fourth-order valence-corrected chi connectivity index (χ4v) is 3.15. The topological polar surface area (TPSA) is 34.1 Å². The molecule has 0 heterocycles. The Morgan fingerprint density at radius 1 is 1.40 bits per heavy atom. The Kier molecular flexibility index (Phi) is 4.28. The number of hydrogen-bond donors (Lipinski definition) is 0. The zero-order valence-electron chi connectivity index (χ0n) is 8.33. The van der Waals surface area contributed by atoms with E-state index in [1.54, 1.807) is 19.1 Å². The van der Waals surface area contributed by atoms with E-state index in [0.29, 0.717) is 10.9 Å². The molecule has 0 amide bonds. The third kappa shape index (κ3) is 3.57. The van der Waals surface area contributed by atoms with Gasteiger partial charge in [0.05, 0.1) is 16.0 Å². The van der Waals surface area contributed by atoms with E-state index in [2.05, 4.69) is 15.9 Å². The van der Waals surface area contributed by atoms with Crippen LogP contribution in [0, 0.1) is 5.82 Å². The molecule has 84 valence electrons. The molecule has 0 unspecified atom stereocenters. The lowest BCUT2D eigenvalue weighted by Gasteiger charge is -2.05. The molecule has 0 aliphatic heterocycles. The maximum Gasteiger partial charge on any atom is 0.154 e. The van der Waals surface area contributed by atoms with E-state index in [1.165, 1.54) is 6.07 Å². The lowest BCUT2D eigenvalue weighted by molar-refractivity contribution is 0.584. The second-order valence-electron chi connectivity index (χ2n) is 3.30. The van der Waals surface area contributed by atoms with Crippen molar-refractivity contribution in [2.24, 2.45) is 0 Å². The highest BCUT2D eigenvalue weighted by molar-refractivity contribution is 9.10. The number of sulfone groups is 1. The average molecular weight is 295 g/mol. The lowest BCUT2D eigenvalue weighted by atomic mass is 10.2. The molecule has 0 spiro atoms. The van der Waals surface area contributed by atoms with Gasteiger partial charge in [0.2, 0.25) is 0 Å². The van der Waals surface area contributed by atoms with Gasteiger partial charge in [-0.2, -0.15) is 0 Å². The molecule has 0 aliphatic rings. The van der Waals surface area contributed by atoms with Crippen LogP contribution < -0.4 is 0 Å². The van der Waals surface area contributed by atoms with Gasteiger partial charge in [0.25, 0.3) is 0 Å². The summed E-state index contributed by atoms with van der Waals surface area (Å²) in [4.78, 5) is 0. The van der Waals surface area contributed by atoms with Crippen LogP contribution in [-0.4, -0.2) is 14.2 Å². The predicted octanol–water partition coefficient (Wildman–Crippen LogP) is 2.91. The van der Waals surface area contributed by atoms with Crippen LogP contribution in [0.5, 0.6) is 0 Å². The Balaban J connectivity index is 2.95. The van der Waals surface area contributed by atoms with Crippen molar-refractivity contribution in [1.82, 2.24) is 0 Å². The minimum atomic E-state index is -3.18. The van der Waals surface area contributed by atoms with E-state index >= 15 is 0 Å². The predicted molar refractivity (Wildman–Crippen MR) is 61.9 cm³/mol. The van der Waals surface area contributed by atoms with Crippen LogP contribution >= 0.6 is 15.9 Å². The molecule has 0 radical (unpaired) electrons. The molecule has 1 rings (SSSR count). The summed E-state index contributed by atoms with van der Waals surface area (Å²) < 4.78 is 36.7. The van der Waals surface area contributed by atoms with Crippen LogP contribution in [0.3, 0.4) is 0 Å². The normalized spacial score (nSPS) is 11.7. The van der Waals surface area contributed by atoms with Gasteiger partial charge in [0.15, 0.2) is 9.84 Å². The molecule has 0 fully saturated rings. The molecule has 0 N–H and O–H groups in total. The SMILES string of the molecule is CCCS(=O)(=O)Cc1cccc(Br)c1F. The minimum absolute atomic E-state index is 0.0962. The summed E-state index contributed by atoms with van der Waals surface area (Å²) in [5, 5.41) is 0. The number of benzene rings is 1. The zero-order chi connectivity index (χ0) is 11.5. The molecule has 0 saturated heterocycles. The summed E-state index contributed by atoms with van der Waals surface area (Å²) in [6.45, 7) is 1.79. The summed E-state index contributed by atoms with van der Waals surface area (Å²) in [5.74, 6) is -0.623. The van der Waals surface area contributed by atoms with Gasteiger partial charge >= 0.3 is 0 Å². The summed E-state index contributed by atoms with van der Waals surface area (Å²) >= 11 is 3.02. The van der Waals surface area contributed by atoms with E-state index in [1.807, 2.05) is 0 Å². The van der Waals surface area contributed by atoms with Crippen molar-refractivity contribution in [3.05, 3.63) is 34.1 Å². The molecule has 0 atom stereocenters. The Bertz CT molecular complexity index is 443. The van der Waals surface area contributed by atoms with Gasteiger partial charge in [0.1, 0.15) is 5.82 Å². The van der Waals surface area contributed by atoms with E-state index in [-0.39, 0.29) is 17.1 Å². The Labute approximate surface area is 97.5 Å². The van der Waals surface area contributed by atoms with E-state index in [9.17, 15) is 12.8 Å². The van der Waals surface area contributed by atoms with E-state index < -0.39 is 15.7 Å². The van der Waals surface area contributed by atoms with Crippen molar-refractivity contribution in [2.45, 2.75) is 19.1 Å². The first-order valence-electron chi connectivity index (χ1n) is 4.59.